The van der Waals surface area contributed by atoms with Crippen molar-refractivity contribution in [3.05, 3.63) is 30.3 Å². The van der Waals surface area contributed by atoms with E-state index in [1.807, 2.05) is 30.3 Å². The minimum atomic E-state index is -0.654. The normalized spacial score (nSPS) is 11.8. The second-order valence-electron chi connectivity index (χ2n) is 6.26. The Morgan fingerprint density at radius 2 is 1.60 bits per heavy atom. The Hall–Kier alpha value is -1.51. The molecule has 3 heteroatoms. The quantitative estimate of drug-likeness (QED) is 0.762. The summed E-state index contributed by atoms with van der Waals surface area (Å²) in [5.74, 6) is 0.636. The maximum absolute atomic E-state index is 12.4. The summed E-state index contributed by atoms with van der Waals surface area (Å²) in [5, 5.41) is 3.43. The first kappa shape index (κ1) is 16.5. The summed E-state index contributed by atoms with van der Waals surface area (Å²) in [5.41, 5.74) is 0.303. The summed E-state index contributed by atoms with van der Waals surface area (Å²) in [7, 11) is 1.46. The van der Waals surface area contributed by atoms with Crippen molar-refractivity contribution in [2.75, 3.05) is 12.4 Å². The summed E-state index contributed by atoms with van der Waals surface area (Å²) >= 11 is 0. The third kappa shape index (κ3) is 4.55. The molecule has 1 N–H and O–H groups in total. The van der Waals surface area contributed by atoms with E-state index in [1.54, 1.807) is 0 Å². The van der Waals surface area contributed by atoms with Gasteiger partial charge in [0.1, 0.15) is 5.54 Å². The fourth-order valence-corrected chi connectivity index (χ4v) is 2.79. The van der Waals surface area contributed by atoms with E-state index in [2.05, 4.69) is 33.0 Å². The topological polar surface area (TPSA) is 38.3 Å². The molecule has 1 rings (SSSR count). The maximum atomic E-state index is 12.4. The Bertz CT molecular complexity index is 402. The molecule has 0 heterocycles. The highest BCUT2D eigenvalue weighted by molar-refractivity contribution is 5.84. The van der Waals surface area contributed by atoms with Gasteiger partial charge in [-0.1, -0.05) is 45.9 Å². The lowest BCUT2D eigenvalue weighted by molar-refractivity contribution is -0.147. The number of hydrogen-bond donors (Lipinski definition) is 1. The van der Waals surface area contributed by atoms with Crippen molar-refractivity contribution in [3.63, 3.8) is 0 Å². The average molecular weight is 277 g/mol. The first-order valence-electron chi connectivity index (χ1n) is 7.31. The minimum Gasteiger partial charge on any atom is -0.467 e. The van der Waals surface area contributed by atoms with E-state index in [1.165, 1.54) is 7.11 Å². The van der Waals surface area contributed by atoms with Crippen LogP contribution in [0.15, 0.2) is 30.3 Å². The van der Waals surface area contributed by atoms with Gasteiger partial charge in [-0.05, 0) is 36.8 Å². The van der Waals surface area contributed by atoms with Gasteiger partial charge in [-0.3, -0.25) is 0 Å². The van der Waals surface area contributed by atoms with Crippen LogP contribution in [0.5, 0.6) is 0 Å². The molecule has 20 heavy (non-hydrogen) atoms. The van der Waals surface area contributed by atoms with Gasteiger partial charge in [-0.15, -0.1) is 0 Å². The van der Waals surface area contributed by atoms with Crippen LogP contribution in [0.25, 0.3) is 0 Å². The van der Waals surface area contributed by atoms with Gasteiger partial charge in [0.25, 0.3) is 0 Å². The fourth-order valence-electron chi connectivity index (χ4n) is 2.79. The molecule has 1 aromatic rings. The molecule has 0 saturated carbocycles. The first-order valence-corrected chi connectivity index (χ1v) is 7.31. The summed E-state index contributed by atoms with van der Waals surface area (Å²) < 4.78 is 5.09. The lowest BCUT2D eigenvalue weighted by Crippen LogP contribution is -2.49. The number of para-hydroxylation sites is 1. The van der Waals surface area contributed by atoms with Gasteiger partial charge in [0.05, 0.1) is 7.11 Å². The Morgan fingerprint density at radius 1 is 1.10 bits per heavy atom. The number of carbonyl (C=O) groups excluding carboxylic acids is 1. The van der Waals surface area contributed by atoms with Crippen LogP contribution in [0.1, 0.15) is 40.5 Å². The molecule has 0 bridgehead atoms. The largest absolute Gasteiger partial charge is 0.467 e. The Balaban J connectivity index is 3.10. The zero-order valence-corrected chi connectivity index (χ0v) is 13.3. The van der Waals surface area contributed by atoms with Crippen molar-refractivity contribution in [3.8, 4) is 0 Å². The predicted octanol–water partition coefficient (Wildman–Crippen LogP) is 4.10. The van der Waals surface area contributed by atoms with Crippen LogP contribution < -0.4 is 5.32 Å². The molecule has 0 fully saturated rings. The van der Waals surface area contributed by atoms with E-state index < -0.39 is 5.54 Å². The molecular formula is C17H27NO2. The molecule has 0 aliphatic heterocycles. The van der Waals surface area contributed by atoms with Gasteiger partial charge in [-0.2, -0.15) is 0 Å². The molecule has 1 aromatic carbocycles. The predicted molar refractivity (Wildman–Crippen MR) is 83.7 cm³/mol. The second-order valence-corrected chi connectivity index (χ2v) is 6.26. The Labute approximate surface area is 122 Å². The van der Waals surface area contributed by atoms with Gasteiger partial charge in [-0.25, -0.2) is 4.79 Å². The Morgan fingerprint density at radius 3 is 2.00 bits per heavy atom. The van der Waals surface area contributed by atoms with E-state index in [0.29, 0.717) is 11.8 Å². The van der Waals surface area contributed by atoms with Crippen molar-refractivity contribution >= 4 is 11.7 Å². The molecule has 0 radical (unpaired) electrons. The number of ether oxygens (including phenoxy) is 1. The summed E-state index contributed by atoms with van der Waals surface area (Å²) in [6, 6.07) is 9.87. The van der Waals surface area contributed by atoms with E-state index in [9.17, 15) is 4.79 Å². The average Bonchev–Trinajstić information content (AvgIpc) is 2.37. The SMILES string of the molecule is COC(=O)C(CC(C)C)(CC(C)C)Nc1ccccc1. The van der Waals surface area contributed by atoms with E-state index in [-0.39, 0.29) is 5.97 Å². The van der Waals surface area contributed by atoms with Gasteiger partial charge in [0.15, 0.2) is 0 Å². The standard InChI is InChI=1S/C17H27NO2/c1-13(2)11-17(12-14(3)4,16(19)20-5)18-15-9-7-6-8-10-15/h6-10,13-14,18H,11-12H2,1-5H3. The monoisotopic (exact) mass is 277 g/mol. The van der Waals surface area contributed by atoms with Crippen molar-refractivity contribution in [1.29, 1.82) is 0 Å². The van der Waals surface area contributed by atoms with Crippen LogP contribution in [0.3, 0.4) is 0 Å². The smallest absolute Gasteiger partial charge is 0.331 e. The molecule has 0 aliphatic rings. The number of hydrogen-bond acceptors (Lipinski definition) is 3. The Kier molecular flexibility index (Phi) is 6.05. The molecule has 0 saturated heterocycles. The van der Waals surface area contributed by atoms with Crippen LogP contribution in [0.2, 0.25) is 0 Å². The lowest BCUT2D eigenvalue weighted by atomic mass is 9.81. The lowest BCUT2D eigenvalue weighted by Gasteiger charge is -2.36. The minimum absolute atomic E-state index is 0.177. The van der Waals surface area contributed by atoms with Crippen molar-refractivity contribution in [2.45, 2.75) is 46.1 Å². The van der Waals surface area contributed by atoms with Gasteiger partial charge in [0, 0.05) is 5.69 Å². The van der Waals surface area contributed by atoms with Gasteiger partial charge in [0.2, 0.25) is 0 Å². The molecule has 0 spiro atoms. The highest BCUT2D eigenvalue weighted by atomic mass is 16.5. The summed E-state index contributed by atoms with van der Waals surface area (Å²) in [4.78, 5) is 12.4. The van der Waals surface area contributed by atoms with E-state index in [0.717, 1.165) is 18.5 Å². The number of carbonyl (C=O) groups is 1. The van der Waals surface area contributed by atoms with E-state index >= 15 is 0 Å². The zero-order chi connectivity index (χ0) is 15.2. The first-order chi connectivity index (χ1) is 9.39. The molecule has 0 aliphatic carbocycles. The van der Waals surface area contributed by atoms with E-state index in [4.69, 9.17) is 4.74 Å². The van der Waals surface area contributed by atoms with Crippen LogP contribution in [-0.4, -0.2) is 18.6 Å². The van der Waals surface area contributed by atoms with Gasteiger partial charge >= 0.3 is 5.97 Å². The molecule has 0 unspecified atom stereocenters. The van der Waals surface area contributed by atoms with Crippen LogP contribution in [-0.2, 0) is 9.53 Å². The maximum Gasteiger partial charge on any atom is 0.331 e. The van der Waals surface area contributed by atoms with Gasteiger partial charge < -0.3 is 10.1 Å². The van der Waals surface area contributed by atoms with Crippen molar-refractivity contribution in [1.82, 2.24) is 0 Å². The number of benzene rings is 1. The number of esters is 1. The molecule has 0 aromatic heterocycles. The van der Waals surface area contributed by atoms with Crippen molar-refractivity contribution < 1.29 is 9.53 Å². The summed E-state index contributed by atoms with van der Waals surface area (Å²) in [6.45, 7) is 8.52. The second kappa shape index (κ2) is 7.32. The van der Waals surface area contributed by atoms with Crippen molar-refractivity contribution in [2.24, 2.45) is 11.8 Å². The highest BCUT2D eigenvalue weighted by Gasteiger charge is 2.40. The van der Waals surface area contributed by atoms with Crippen LogP contribution >= 0.6 is 0 Å². The third-order valence-electron chi connectivity index (χ3n) is 3.25. The number of methoxy groups -OCH3 is 1. The molecule has 112 valence electrons. The fraction of sp³-hybridized carbons (Fsp3) is 0.588. The zero-order valence-electron chi connectivity index (χ0n) is 13.3. The third-order valence-corrected chi connectivity index (χ3v) is 3.25. The molecule has 3 nitrogen and oxygen atoms in total. The van der Waals surface area contributed by atoms with Crippen LogP contribution in [0.4, 0.5) is 5.69 Å². The number of rotatable bonds is 7. The molecule has 0 amide bonds. The summed E-state index contributed by atoms with van der Waals surface area (Å²) in [6.07, 6.45) is 1.51. The molecular weight excluding hydrogens is 250 g/mol. The number of anilines is 1. The molecule has 0 atom stereocenters. The number of nitrogens with one attached hydrogen (secondary N) is 1. The highest BCUT2D eigenvalue weighted by Crippen LogP contribution is 2.30. The van der Waals surface area contributed by atoms with Crippen LogP contribution in [0, 0.1) is 11.8 Å².